The highest BCUT2D eigenvalue weighted by Gasteiger charge is 2.10. The van der Waals surface area contributed by atoms with Crippen LogP contribution in [0.2, 0.25) is 5.02 Å². The van der Waals surface area contributed by atoms with Crippen molar-refractivity contribution >= 4 is 28.2 Å². The van der Waals surface area contributed by atoms with Crippen molar-refractivity contribution in [2.24, 2.45) is 5.92 Å². The van der Waals surface area contributed by atoms with E-state index in [1.54, 1.807) is 0 Å². The van der Waals surface area contributed by atoms with E-state index in [2.05, 4.69) is 59.3 Å². The molecule has 0 aliphatic heterocycles. The molecule has 3 nitrogen and oxygen atoms in total. The lowest BCUT2D eigenvalue weighted by atomic mass is 10.1. The molecule has 0 atom stereocenters. The van der Waals surface area contributed by atoms with Crippen molar-refractivity contribution in [2.45, 2.75) is 26.8 Å². The summed E-state index contributed by atoms with van der Waals surface area (Å²) in [5.74, 6) is 0.681. The van der Waals surface area contributed by atoms with Crippen LogP contribution in [0, 0.1) is 5.92 Å². The highest BCUT2D eigenvalue weighted by Crippen LogP contribution is 2.23. The Morgan fingerprint density at radius 2 is 1.91 bits per heavy atom. The molecule has 1 heterocycles. The van der Waals surface area contributed by atoms with Crippen LogP contribution in [-0.2, 0) is 6.54 Å². The zero-order valence-corrected chi connectivity index (χ0v) is 14.3. The second kappa shape index (κ2) is 7.05. The number of rotatable bonds is 6. The van der Waals surface area contributed by atoms with Gasteiger partial charge in [0.25, 0.3) is 0 Å². The summed E-state index contributed by atoms with van der Waals surface area (Å²) in [6, 6.07) is 14.6. The molecule has 0 saturated carbocycles. The van der Waals surface area contributed by atoms with E-state index >= 15 is 0 Å². The van der Waals surface area contributed by atoms with Crippen LogP contribution in [0.3, 0.4) is 0 Å². The van der Waals surface area contributed by atoms with Gasteiger partial charge in [-0.25, -0.2) is 0 Å². The zero-order chi connectivity index (χ0) is 16.2. The number of benzene rings is 2. The molecule has 0 unspecified atom stereocenters. The number of nitrogens with one attached hydrogen (secondary N) is 1. The highest BCUT2D eigenvalue weighted by atomic mass is 35.5. The summed E-state index contributed by atoms with van der Waals surface area (Å²) in [4.78, 5) is 2.43. The molecule has 3 rings (SSSR count). The Hall–Kier alpha value is -2.00. The van der Waals surface area contributed by atoms with Crippen LogP contribution in [0.25, 0.3) is 10.9 Å². The predicted molar refractivity (Wildman–Crippen MR) is 98.1 cm³/mol. The van der Waals surface area contributed by atoms with Gasteiger partial charge in [0.2, 0.25) is 0 Å². The molecule has 0 aliphatic rings. The Kier molecular flexibility index (Phi) is 4.87. The fourth-order valence-corrected chi connectivity index (χ4v) is 2.78. The van der Waals surface area contributed by atoms with Crippen molar-refractivity contribution in [1.82, 2.24) is 10.2 Å². The van der Waals surface area contributed by atoms with Gasteiger partial charge in [0.05, 0.1) is 11.7 Å². The first kappa shape index (κ1) is 15.9. The number of aromatic nitrogens is 2. The van der Waals surface area contributed by atoms with Gasteiger partial charge in [-0.05, 0) is 48.2 Å². The minimum absolute atomic E-state index is 0.681. The van der Waals surface area contributed by atoms with E-state index in [0.29, 0.717) is 5.92 Å². The number of fused-ring (bicyclic) bond motifs is 1. The lowest BCUT2D eigenvalue weighted by Gasteiger charge is -2.26. The number of nitrogens with zero attached hydrogens (tertiary/aromatic N) is 2. The second-order valence-corrected chi connectivity index (χ2v) is 6.81. The van der Waals surface area contributed by atoms with Crippen LogP contribution in [0.5, 0.6) is 0 Å². The topological polar surface area (TPSA) is 31.9 Å². The summed E-state index contributed by atoms with van der Waals surface area (Å²) < 4.78 is 0. The van der Waals surface area contributed by atoms with Crippen LogP contribution >= 0.6 is 11.6 Å². The first-order valence-corrected chi connectivity index (χ1v) is 8.42. The summed E-state index contributed by atoms with van der Waals surface area (Å²) >= 11 is 6.00. The first-order valence-electron chi connectivity index (χ1n) is 8.04. The summed E-state index contributed by atoms with van der Waals surface area (Å²) in [7, 11) is 0. The monoisotopic (exact) mass is 327 g/mol. The second-order valence-electron chi connectivity index (χ2n) is 6.37. The highest BCUT2D eigenvalue weighted by molar-refractivity contribution is 6.30. The maximum atomic E-state index is 6.00. The van der Waals surface area contributed by atoms with E-state index in [4.69, 9.17) is 11.6 Å². The van der Waals surface area contributed by atoms with Crippen LogP contribution in [0.4, 0.5) is 5.69 Å². The average Bonchev–Trinajstić information content (AvgIpc) is 3.00. The summed E-state index contributed by atoms with van der Waals surface area (Å²) in [6.07, 6.45) is 3.04. The van der Waals surface area contributed by atoms with Gasteiger partial charge in [0.1, 0.15) is 0 Å². The number of hydrogen-bond acceptors (Lipinski definition) is 2. The Balaban J connectivity index is 1.85. The van der Waals surface area contributed by atoms with Crippen molar-refractivity contribution in [3.8, 4) is 0 Å². The van der Waals surface area contributed by atoms with E-state index in [9.17, 15) is 0 Å². The van der Waals surface area contributed by atoms with E-state index in [1.807, 2.05) is 18.3 Å². The molecule has 120 valence electrons. The lowest BCUT2D eigenvalue weighted by Crippen LogP contribution is -2.24. The number of hydrogen-bond donors (Lipinski definition) is 1. The summed E-state index contributed by atoms with van der Waals surface area (Å²) in [5.41, 5.74) is 3.57. The Morgan fingerprint density at radius 1 is 1.13 bits per heavy atom. The van der Waals surface area contributed by atoms with E-state index < -0.39 is 0 Å². The van der Waals surface area contributed by atoms with E-state index in [0.717, 1.165) is 35.4 Å². The minimum Gasteiger partial charge on any atom is -0.367 e. The fraction of sp³-hybridized carbons (Fsp3) is 0.316. The standard InChI is InChI=1S/C19H22ClN3/c1-14(2)9-10-23(13-15-3-5-17(20)6-4-15)18-7-8-19-16(11-18)12-21-22-19/h3-8,11-12,14H,9-10,13H2,1-2H3,(H,21,22). The average molecular weight is 328 g/mol. The van der Waals surface area contributed by atoms with Crippen molar-refractivity contribution in [1.29, 1.82) is 0 Å². The molecule has 3 aromatic rings. The molecule has 1 aromatic heterocycles. The zero-order valence-electron chi connectivity index (χ0n) is 13.6. The summed E-state index contributed by atoms with van der Waals surface area (Å²) in [5, 5.41) is 9.05. The molecule has 0 fully saturated rings. The molecule has 0 bridgehead atoms. The molecule has 2 aromatic carbocycles. The van der Waals surface area contributed by atoms with Crippen molar-refractivity contribution in [3.63, 3.8) is 0 Å². The molecular formula is C19H22ClN3. The fourth-order valence-electron chi connectivity index (χ4n) is 2.65. The van der Waals surface area contributed by atoms with Gasteiger partial charge in [-0.15, -0.1) is 0 Å². The quantitative estimate of drug-likeness (QED) is 0.669. The third-order valence-corrected chi connectivity index (χ3v) is 4.30. The van der Waals surface area contributed by atoms with Crippen LogP contribution in [0.1, 0.15) is 25.8 Å². The van der Waals surface area contributed by atoms with Gasteiger partial charge in [-0.2, -0.15) is 5.10 Å². The van der Waals surface area contributed by atoms with Crippen molar-refractivity contribution in [2.75, 3.05) is 11.4 Å². The Morgan fingerprint density at radius 3 is 2.65 bits per heavy atom. The number of anilines is 1. The van der Waals surface area contributed by atoms with E-state index in [-0.39, 0.29) is 0 Å². The lowest BCUT2D eigenvalue weighted by molar-refractivity contribution is 0.571. The smallest absolute Gasteiger partial charge is 0.0651 e. The van der Waals surface area contributed by atoms with Crippen LogP contribution in [0.15, 0.2) is 48.7 Å². The Labute approximate surface area is 142 Å². The molecule has 0 saturated heterocycles. The van der Waals surface area contributed by atoms with Gasteiger partial charge in [0, 0.05) is 29.2 Å². The van der Waals surface area contributed by atoms with Crippen LogP contribution < -0.4 is 4.90 Å². The van der Waals surface area contributed by atoms with Gasteiger partial charge in [-0.1, -0.05) is 37.6 Å². The van der Waals surface area contributed by atoms with Crippen molar-refractivity contribution in [3.05, 3.63) is 59.2 Å². The van der Waals surface area contributed by atoms with Crippen LogP contribution in [-0.4, -0.2) is 16.7 Å². The van der Waals surface area contributed by atoms with E-state index in [1.165, 1.54) is 11.3 Å². The molecular weight excluding hydrogens is 306 g/mol. The van der Waals surface area contributed by atoms with Gasteiger partial charge < -0.3 is 4.90 Å². The molecule has 23 heavy (non-hydrogen) atoms. The first-order chi connectivity index (χ1) is 11.1. The number of halogens is 1. The third kappa shape index (κ3) is 4.05. The van der Waals surface area contributed by atoms with Gasteiger partial charge >= 0.3 is 0 Å². The van der Waals surface area contributed by atoms with Gasteiger partial charge in [0.15, 0.2) is 0 Å². The maximum absolute atomic E-state index is 6.00. The molecule has 1 N–H and O–H groups in total. The van der Waals surface area contributed by atoms with Gasteiger partial charge in [-0.3, -0.25) is 5.10 Å². The molecule has 0 radical (unpaired) electrons. The number of aromatic amines is 1. The number of H-pyrrole nitrogens is 1. The molecule has 0 spiro atoms. The maximum Gasteiger partial charge on any atom is 0.0651 e. The summed E-state index contributed by atoms with van der Waals surface area (Å²) in [6.45, 7) is 6.44. The molecule has 0 aliphatic carbocycles. The molecule has 0 amide bonds. The molecule has 4 heteroatoms. The SMILES string of the molecule is CC(C)CCN(Cc1ccc(Cl)cc1)c1ccc2[nH]ncc2c1. The predicted octanol–water partition coefficient (Wildman–Crippen LogP) is 5.27. The third-order valence-electron chi connectivity index (χ3n) is 4.05. The van der Waals surface area contributed by atoms with Crippen molar-refractivity contribution < 1.29 is 0 Å². The largest absolute Gasteiger partial charge is 0.367 e. The minimum atomic E-state index is 0.681. The Bertz CT molecular complexity index is 762. The normalized spacial score (nSPS) is 11.3.